The fourth-order valence-electron chi connectivity index (χ4n) is 1.57. The molecule has 0 bridgehead atoms. The Bertz CT molecular complexity index is 771. The van der Waals surface area contributed by atoms with Crippen molar-refractivity contribution in [2.45, 2.75) is 9.92 Å². The minimum absolute atomic E-state index is 0.00704. The predicted molar refractivity (Wildman–Crippen MR) is 77.8 cm³/mol. The number of nitrogens with zero attached hydrogens (tertiary/aromatic N) is 2. The second-order valence-electron chi connectivity index (χ2n) is 4.01. The molecule has 1 aromatic heterocycles. The molecular weight excluding hydrogens is 322 g/mol. The van der Waals surface area contributed by atoms with Crippen molar-refractivity contribution in [1.82, 2.24) is 9.55 Å². The first-order chi connectivity index (χ1) is 9.33. The Labute approximate surface area is 124 Å². The van der Waals surface area contributed by atoms with Crippen molar-refractivity contribution in [3.63, 3.8) is 0 Å². The van der Waals surface area contributed by atoms with E-state index in [1.165, 1.54) is 23.2 Å². The van der Waals surface area contributed by atoms with Crippen LogP contribution in [0.2, 0.25) is 5.15 Å². The second-order valence-corrected chi connectivity index (χ2v) is 7.31. The van der Waals surface area contributed by atoms with Crippen LogP contribution in [0.5, 0.6) is 0 Å². The van der Waals surface area contributed by atoms with Gasteiger partial charge < -0.3 is 4.57 Å². The standard InChI is InChI=1S/C11H12ClN3O3S2/c1-15-7-13-11(10(15)12)20(17,18)14-8-5-3-4-6-9(8)19(2)16/h3-7,14H,1-2H3/t19-/m1/s1. The van der Waals surface area contributed by atoms with Crippen LogP contribution in [-0.4, -0.2) is 28.4 Å². The summed E-state index contributed by atoms with van der Waals surface area (Å²) >= 11 is 5.88. The number of benzene rings is 1. The Hall–Kier alpha value is -1.38. The molecule has 0 aliphatic rings. The van der Waals surface area contributed by atoms with Crippen LogP contribution in [-0.2, 0) is 27.9 Å². The smallest absolute Gasteiger partial charge is 0.282 e. The number of hydrogen-bond donors (Lipinski definition) is 1. The molecule has 0 saturated heterocycles. The zero-order chi connectivity index (χ0) is 14.9. The molecule has 108 valence electrons. The number of aryl methyl sites for hydroxylation is 1. The summed E-state index contributed by atoms with van der Waals surface area (Å²) < 4.78 is 39.8. The van der Waals surface area contributed by atoms with Crippen LogP contribution in [0.4, 0.5) is 5.69 Å². The maximum absolute atomic E-state index is 12.2. The predicted octanol–water partition coefficient (Wildman–Crippen LogP) is 1.61. The molecule has 0 saturated carbocycles. The summed E-state index contributed by atoms with van der Waals surface area (Å²) in [5, 5.41) is -0.258. The maximum atomic E-state index is 12.2. The van der Waals surface area contributed by atoms with Gasteiger partial charge in [-0.1, -0.05) is 23.7 Å². The van der Waals surface area contributed by atoms with Crippen molar-refractivity contribution in [2.24, 2.45) is 7.05 Å². The first-order valence-electron chi connectivity index (χ1n) is 5.45. The lowest BCUT2D eigenvalue weighted by atomic mass is 10.3. The minimum Gasteiger partial charge on any atom is -0.324 e. The summed E-state index contributed by atoms with van der Waals surface area (Å²) in [6.45, 7) is 0. The average molecular weight is 334 g/mol. The van der Waals surface area contributed by atoms with E-state index in [-0.39, 0.29) is 15.9 Å². The fourth-order valence-corrected chi connectivity index (χ4v) is 3.85. The largest absolute Gasteiger partial charge is 0.324 e. The highest BCUT2D eigenvalue weighted by atomic mass is 35.5. The first kappa shape index (κ1) is 15.0. The third kappa shape index (κ3) is 2.87. The van der Waals surface area contributed by atoms with E-state index in [0.29, 0.717) is 4.90 Å². The molecule has 1 atom stereocenters. The molecule has 0 aliphatic heterocycles. The lowest BCUT2D eigenvalue weighted by Crippen LogP contribution is -2.15. The Kier molecular flexibility index (Phi) is 4.17. The number of sulfonamides is 1. The molecular formula is C11H12ClN3O3S2. The van der Waals surface area contributed by atoms with E-state index in [9.17, 15) is 12.6 Å². The van der Waals surface area contributed by atoms with Crippen LogP contribution < -0.4 is 4.72 Å². The highest BCUT2D eigenvalue weighted by Crippen LogP contribution is 2.24. The molecule has 20 heavy (non-hydrogen) atoms. The number of hydrogen-bond acceptors (Lipinski definition) is 4. The van der Waals surface area contributed by atoms with Gasteiger partial charge >= 0.3 is 0 Å². The molecule has 0 fully saturated rings. The third-order valence-electron chi connectivity index (χ3n) is 2.53. The van der Waals surface area contributed by atoms with E-state index >= 15 is 0 Å². The van der Waals surface area contributed by atoms with E-state index < -0.39 is 20.8 Å². The minimum atomic E-state index is -3.93. The van der Waals surface area contributed by atoms with Crippen molar-refractivity contribution >= 4 is 38.1 Å². The van der Waals surface area contributed by atoms with Crippen LogP contribution in [0.3, 0.4) is 0 Å². The van der Waals surface area contributed by atoms with Gasteiger partial charge in [-0.2, -0.15) is 8.42 Å². The van der Waals surface area contributed by atoms with Crippen LogP contribution in [0.15, 0.2) is 40.5 Å². The van der Waals surface area contributed by atoms with Gasteiger partial charge in [0, 0.05) is 13.3 Å². The monoisotopic (exact) mass is 333 g/mol. The summed E-state index contributed by atoms with van der Waals surface area (Å²) in [6, 6.07) is 6.45. The Morgan fingerprint density at radius 1 is 1.35 bits per heavy atom. The van der Waals surface area contributed by atoms with Crippen molar-refractivity contribution in [1.29, 1.82) is 0 Å². The summed E-state index contributed by atoms with van der Waals surface area (Å²) in [7, 11) is -3.66. The number of rotatable bonds is 4. The number of halogens is 1. The van der Waals surface area contributed by atoms with Gasteiger partial charge in [0.25, 0.3) is 10.0 Å². The molecule has 0 spiro atoms. The maximum Gasteiger partial charge on any atom is 0.282 e. The van der Waals surface area contributed by atoms with Crippen molar-refractivity contribution < 1.29 is 12.6 Å². The van der Waals surface area contributed by atoms with Crippen LogP contribution in [0, 0.1) is 0 Å². The fraction of sp³-hybridized carbons (Fsp3) is 0.182. The Balaban J connectivity index is 2.44. The zero-order valence-electron chi connectivity index (χ0n) is 10.7. The van der Waals surface area contributed by atoms with Gasteiger partial charge in [0.2, 0.25) is 5.03 Å². The van der Waals surface area contributed by atoms with Crippen molar-refractivity contribution in [3.8, 4) is 0 Å². The highest BCUT2D eigenvalue weighted by Gasteiger charge is 2.23. The van der Waals surface area contributed by atoms with Crippen LogP contribution in [0.25, 0.3) is 0 Å². The average Bonchev–Trinajstić information content (AvgIpc) is 2.70. The molecule has 9 heteroatoms. The molecule has 1 heterocycles. The number of para-hydroxylation sites is 1. The van der Waals surface area contributed by atoms with Crippen LogP contribution >= 0.6 is 11.6 Å². The van der Waals surface area contributed by atoms with E-state index in [4.69, 9.17) is 11.6 Å². The summed E-state index contributed by atoms with van der Waals surface area (Å²) in [6.07, 6.45) is 2.78. The molecule has 6 nitrogen and oxygen atoms in total. The quantitative estimate of drug-likeness (QED) is 0.921. The Morgan fingerprint density at radius 3 is 2.55 bits per heavy atom. The first-order valence-corrected chi connectivity index (χ1v) is 8.87. The summed E-state index contributed by atoms with van der Waals surface area (Å²) in [5.74, 6) is 0. The Morgan fingerprint density at radius 2 is 2.00 bits per heavy atom. The van der Waals surface area contributed by atoms with Gasteiger partial charge in [0.1, 0.15) is 5.15 Å². The van der Waals surface area contributed by atoms with Crippen molar-refractivity contribution in [3.05, 3.63) is 35.7 Å². The number of nitrogens with one attached hydrogen (secondary N) is 1. The van der Waals surface area contributed by atoms with Gasteiger partial charge in [0.05, 0.1) is 27.7 Å². The summed E-state index contributed by atoms with van der Waals surface area (Å²) in [4.78, 5) is 4.15. The number of imidazole rings is 1. The molecule has 2 aromatic rings. The molecule has 2 rings (SSSR count). The van der Waals surface area contributed by atoms with E-state index in [0.717, 1.165) is 0 Å². The normalized spacial score (nSPS) is 13.2. The zero-order valence-corrected chi connectivity index (χ0v) is 13.1. The summed E-state index contributed by atoms with van der Waals surface area (Å²) in [5.41, 5.74) is 0.245. The van der Waals surface area contributed by atoms with E-state index in [1.807, 2.05) is 0 Å². The molecule has 0 amide bonds. The van der Waals surface area contributed by atoms with Gasteiger partial charge in [-0.05, 0) is 12.1 Å². The molecule has 1 N–H and O–H groups in total. The highest BCUT2D eigenvalue weighted by molar-refractivity contribution is 7.92. The molecule has 0 unspecified atom stereocenters. The molecule has 0 radical (unpaired) electrons. The lowest BCUT2D eigenvalue weighted by Gasteiger charge is -2.09. The van der Waals surface area contributed by atoms with E-state index in [1.54, 1.807) is 25.2 Å². The van der Waals surface area contributed by atoms with Gasteiger partial charge in [0.15, 0.2) is 0 Å². The van der Waals surface area contributed by atoms with Gasteiger partial charge in [-0.15, -0.1) is 0 Å². The van der Waals surface area contributed by atoms with Gasteiger partial charge in [-0.25, -0.2) is 4.98 Å². The SMILES string of the molecule is Cn1cnc(S(=O)(=O)Nc2ccccc2[S@@](C)=O)c1Cl. The third-order valence-corrected chi connectivity index (χ3v) is 5.36. The van der Waals surface area contributed by atoms with Crippen LogP contribution in [0.1, 0.15) is 0 Å². The second kappa shape index (κ2) is 5.55. The van der Waals surface area contributed by atoms with E-state index in [2.05, 4.69) is 9.71 Å². The topological polar surface area (TPSA) is 81.1 Å². The number of anilines is 1. The molecule has 1 aromatic carbocycles. The van der Waals surface area contributed by atoms with Crippen molar-refractivity contribution in [2.75, 3.05) is 11.0 Å². The van der Waals surface area contributed by atoms with Gasteiger partial charge in [-0.3, -0.25) is 8.93 Å². The number of aromatic nitrogens is 2. The lowest BCUT2D eigenvalue weighted by molar-refractivity contribution is 0.598. The molecule has 0 aliphatic carbocycles.